The van der Waals surface area contributed by atoms with Crippen molar-refractivity contribution in [1.29, 1.82) is 10.5 Å². The van der Waals surface area contributed by atoms with Crippen LogP contribution >= 0.6 is 11.6 Å². The number of hydrogen-bond donors (Lipinski definition) is 0. The van der Waals surface area contributed by atoms with Crippen LogP contribution in [0.2, 0.25) is 5.15 Å². The van der Waals surface area contributed by atoms with Crippen molar-refractivity contribution < 1.29 is 0 Å². The van der Waals surface area contributed by atoms with Crippen molar-refractivity contribution in [3.8, 4) is 12.1 Å². The Morgan fingerprint density at radius 3 is 2.29 bits per heavy atom. The van der Waals surface area contributed by atoms with Gasteiger partial charge in [0, 0.05) is 0 Å². The number of halogens is 1. The summed E-state index contributed by atoms with van der Waals surface area (Å²) in [4.78, 5) is 7.77. The Morgan fingerprint density at radius 1 is 1.21 bits per heavy atom. The molecule has 0 aliphatic rings. The van der Waals surface area contributed by atoms with E-state index in [2.05, 4.69) is 9.97 Å². The molecular formula is C9H7ClN4. The molecule has 0 aromatic carbocycles. The van der Waals surface area contributed by atoms with Crippen LogP contribution < -0.4 is 0 Å². The number of nitriles is 2. The van der Waals surface area contributed by atoms with E-state index in [9.17, 15) is 0 Å². The van der Waals surface area contributed by atoms with Crippen LogP contribution in [-0.4, -0.2) is 9.97 Å². The quantitative estimate of drug-likeness (QED) is 0.740. The lowest BCUT2D eigenvalue weighted by atomic mass is 10.2. The zero-order valence-corrected chi connectivity index (χ0v) is 8.34. The Bertz CT molecular complexity index is 428. The van der Waals surface area contributed by atoms with Crippen molar-refractivity contribution in [2.75, 3.05) is 0 Å². The molecule has 0 unspecified atom stereocenters. The van der Waals surface area contributed by atoms with Gasteiger partial charge in [0.1, 0.15) is 12.1 Å². The molecule has 14 heavy (non-hydrogen) atoms. The highest BCUT2D eigenvalue weighted by molar-refractivity contribution is 6.30. The first-order chi connectivity index (χ1) is 6.72. The molecule has 0 amide bonds. The number of hydrogen-bond acceptors (Lipinski definition) is 4. The molecule has 0 aliphatic carbocycles. The van der Waals surface area contributed by atoms with E-state index in [1.807, 2.05) is 13.0 Å². The van der Waals surface area contributed by atoms with E-state index in [1.54, 1.807) is 6.07 Å². The Labute approximate surface area is 86.8 Å². The fourth-order valence-corrected chi connectivity index (χ4v) is 1.22. The minimum atomic E-state index is -0.0163. The Kier molecular flexibility index (Phi) is 3.39. The molecule has 4 nitrogen and oxygen atoms in total. The van der Waals surface area contributed by atoms with E-state index in [4.69, 9.17) is 22.1 Å². The Hall–Kier alpha value is -1.65. The summed E-state index contributed by atoms with van der Waals surface area (Å²) < 4.78 is 0. The lowest BCUT2D eigenvalue weighted by Crippen LogP contribution is -2.01. The second-order valence-corrected chi connectivity index (χ2v) is 2.99. The Morgan fingerprint density at radius 2 is 1.79 bits per heavy atom. The van der Waals surface area contributed by atoms with Crippen molar-refractivity contribution in [3.05, 3.63) is 22.2 Å². The molecule has 0 saturated carbocycles. The molecule has 0 aliphatic heterocycles. The van der Waals surface area contributed by atoms with Gasteiger partial charge in [0.15, 0.2) is 16.5 Å². The summed E-state index contributed by atoms with van der Waals surface area (Å²) in [7, 11) is 0. The summed E-state index contributed by atoms with van der Waals surface area (Å²) in [6.07, 6.45) is 1.53. The molecular weight excluding hydrogens is 200 g/mol. The average molecular weight is 207 g/mol. The fourth-order valence-electron chi connectivity index (χ4n) is 1.00. The van der Waals surface area contributed by atoms with E-state index < -0.39 is 0 Å². The number of aromatic nitrogens is 2. The lowest BCUT2D eigenvalue weighted by Gasteiger charge is -2.01. The van der Waals surface area contributed by atoms with E-state index in [0.29, 0.717) is 12.1 Å². The second-order valence-electron chi connectivity index (χ2n) is 2.63. The largest absolute Gasteiger partial charge is 0.236 e. The molecule has 1 aromatic heterocycles. The van der Waals surface area contributed by atoms with Gasteiger partial charge >= 0.3 is 0 Å². The Balaban J connectivity index is 3.27. The summed E-state index contributed by atoms with van der Waals surface area (Å²) in [6, 6.07) is 3.59. The molecule has 70 valence electrons. The van der Waals surface area contributed by atoms with Crippen LogP contribution in [0.5, 0.6) is 0 Å². The standard InChI is InChI=1S/C9H7ClN4/c1-2-3-6-9(10)14-8(5-12)7(4-11)13-6/h2-3H2,1H3. The zero-order valence-electron chi connectivity index (χ0n) is 7.58. The normalized spacial score (nSPS) is 9.14. The summed E-state index contributed by atoms with van der Waals surface area (Å²) in [6.45, 7) is 1.97. The fraction of sp³-hybridized carbons (Fsp3) is 0.333. The summed E-state index contributed by atoms with van der Waals surface area (Å²) in [5, 5.41) is 17.5. The number of rotatable bonds is 2. The molecule has 0 N–H and O–H groups in total. The molecule has 1 heterocycles. The van der Waals surface area contributed by atoms with Gasteiger partial charge in [0.2, 0.25) is 0 Å². The highest BCUT2D eigenvalue weighted by atomic mass is 35.5. The third-order valence-corrected chi connectivity index (χ3v) is 1.92. The van der Waals surface area contributed by atoms with Crippen LogP contribution in [-0.2, 0) is 6.42 Å². The van der Waals surface area contributed by atoms with Gasteiger partial charge in [-0.05, 0) is 6.42 Å². The average Bonchev–Trinajstić information content (AvgIpc) is 2.20. The molecule has 0 saturated heterocycles. The molecule has 1 rings (SSSR count). The zero-order chi connectivity index (χ0) is 10.6. The monoisotopic (exact) mass is 206 g/mol. The summed E-state index contributed by atoms with van der Waals surface area (Å²) in [5.74, 6) is 0. The van der Waals surface area contributed by atoms with E-state index in [0.717, 1.165) is 6.42 Å². The first kappa shape index (κ1) is 10.4. The number of nitrogens with zero attached hydrogens (tertiary/aromatic N) is 4. The lowest BCUT2D eigenvalue weighted by molar-refractivity contribution is 0.864. The van der Waals surface area contributed by atoms with Crippen molar-refractivity contribution in [1.82, 2.24) is 9.97 Å². The van der Waals surface area contributed by atoms with Crippen LogP contribution in [0, 0.1) is 22.7 Å². The van der Waals surface area contributed by atoms with Crippen LogP contribution in [0.25, 0.3) is 0 Å². The number of aryl methyl sites for hydroxylation is 1. The molecule has 0 spiro atoms. The van der Waals surface area contributed by atoms with Gasteiger partial charge in [-0.15, -0.1) is 0 Å². The molecule has 0 atom stereocenters. The first-order valence-electron chi connectivity index (χ1n) is 4.09. The van der Waals surface area contributed by atoms with Crippen molar-refractivity contribution in [2.45, 2.75) is 19.8 Å². The van der Waals surface area contributed by atoms with Crippen molar-refractivity contribution in [3.63, 3.8) is 0 Å². The van der Waals surface area contributed by atoms with Gasteiger partial charge in [-0.25, -0.2) is 9.97 Å². The molecule has 1 aromatic rings. The topological polar surface area (TPSA) is 73.4 Å². The maximum atomic E-state index is 8.69. The summed E-state index contributed by atoms with van der Waals surface area (Å²) >= 11 is 5.78. The van der Waals surface area contributed by atoms with E-state index in [-0.39, 0.29) is 16.5 Å². The predicted molar refractivity (Wildman–Crippen MR) is 50.5 cm³/mol. The second kappa shape index (κ2) is 4.55. The van der Waals surface area contributed by atoms with Crippen LogP contribution in [0.3, 0.4) is 0 Å². The summed E-state index contributed by atoms with van der Waals surface area (Å²) in [5.41, 5.74) is 0.599. The minimum Gasteiger partial charge on any atom is -0.236 e. The van der Waals surface area contributed by atoms with Crippen LogP contribution in [0.15, 0.2) is 0 Å². The SMILES string of the molecule is CCCc1nc(C#N)c(C#N)nc1Cl. The maximum absolute atomic E-state index is 8.69. The van der Waals surface area contributed by atoms with Gasteiger partial charge in [-0.1, -0.05) is 24.9 Å². The van der Waals surface area contributed by atoms with Gasteiger partial charge in [-0.3, -0.25) is 0 Å². The van der Waals surface area contributed by atoms with Gasteiger partial charge in [0.05, 0.1) is 5.69 Å². The van der Waals surface area contributed by atoms with E-state index >= 15 is 0 Å². The third-order valence-electron chi connectivity index (χ3n) is 1.62. The highest BCUT2D eigenvalue weighted by Crippen LogP contribution is 2.14. The molecule has 0 radical (unpaired) electrons. The highest BCUT2D eigenvalue weighted by Gasteiger charge is 2.10. The molecule has 0 bridgehead atoms. The smallest absolute Gasteiger partial charge is 0.178 e. The molecule has 0 fully saturated rings. The van der Waals surface area contributed by atoms with Crippen molar-refractivity contribution in [2.24, 2.45) is 0 Å². The predicted octanol–water partition coefficient (Wildman–Crippen LogP) is 1.83. The first-order valence-corrected chi connectivity index (χ1v) is 4.47. The minimum absolute atomic E-state index is 0.0163. The molecule has 5 heteroatoms. The van der Waals surface area contributed by atoms with Crippen molar-refractivity contribution >= 4 is 11.6 Å². The van der Waals surface area contributed by atoms with E-state index in [1.165, 1.54) is 0 Å². The van der Waals surface area contributed by atoms with Crippen LogP contribution in [0.1, 0.15) is 30.4 Å². The van der Waals surface area contributed by atoms with Gasteiger partial charge < -0.3 is 0 Å². The van der Waals surface area contributed by atoms with Gasteiger partial charge in [0.25, 0.3) is 0 Å². The maximum Gasteiger partial charge on any atom is 0.178 e. The van der Waals surface area contributed by atoms with Crippen LogP contribution in [0.4, 0.5) is 0 Å². The third kappa shape index (κ3) is 1.99. The van der Waals surface area contributed by atoms with Gasteiger partial charge in [-0.2, -0.15) is 10.5 Å².